The molecule has 11 nitrogen and oxygen atoms in total. The van der Waals surface area contributed by atoms with Gasteiger partial charge in [0.2, 0.25) is 0 Å². The number of hydrogen-bond donors (Lipinski definition) is 4. The monoisotopic (exact) mass is 649 g/mol. The minimum Gasteiger partial charge on any atom is -0.492 e. The van der Waals surface area contributed by atoms with Gasteiger partial charge in [0.1, 0.15) is 17.9 Å². The first-order valence-corrected chi connectivity index (χ1v) is 16.3. The molecule has 2 unspecified atom stereocenters. The smallest absolute Gasteiger partial charge is 0.394 e. The Morgan fingerprint density at radius 1 is 1.04 bits per heavy atom. The molecule has 0 aliphatic heterocycles. The second kappa shape index (κ2) is 15.2. The van der Waals surface area contributed by atoms with Crippen LogP contribution in [0.2, 0.25) is 0 Å². The zero-order valence-electron chi connectivity index (χ0n) is 24.9. The van der Waals surface area contributed by atoms with Crippen molar-refractivity contribution in [2.75, 3.05) is 38.8 Å². The number of aryl methyl sites for hydroxylation is 2. The van der Waals surface area contributed by atoms with E-state index in [2.05, 4.69) is 35.1 Å². The van der Waals surface area contributed by atoms with Crippen molar-refractivity contribution < 1.29 is 47.2 Å². The van der Waals surface area contributed by atoms with Gasteiger partial charge in [-0.05, 0) is 66.5 Å². The molecule has 244 valence electrons. The summed E-state index contributed by atoms with van der Waals surface area (Å²) in [6.07, 6.45) is 9.07. The lowest BCUT2D eigenvalue weighted by molar-refractivity contribution is -0.136. The maximum atomic E-state index is 13.2. The van der Waals surface area contributed by atoms with Crippen LogP contribution in [0.5, 0.6) is 0 Å². The number of rotatable bonds is 17. The molecule has 2 aromatic heterocycles. The Morgan fingerprint density at radius 3 is 2.49 bits per heavy atom. The fraction of sp³-hybridized carbons (Fsp3) is 0.452. The predicted molar refractivity (Wildman–Crippen MR) is 165 cm³/mol. The number of nitrogens with two attached hydrogens (primary N) is 1. The number of halogens is 2. The van der Waals surface area contributed by atoms with Crippen LogP contribution in [0.4, 0.5) is 14.6 Å². The van der Waals surface area contributed by atoms with Gasteiger partial charge in [0.25, 0.3) is 0 Å². The minimum atomic E-state index is -5.49. The average Bonchev–Trinajstić information content (AvgIpc) is 2.98. The molecule has 0 saturated carbocycles. The van der Waals surface area contributed by atoms with Crippen molar-refractivity contribution in [2.45, 2.75) is 44.7 Å². The van der Waals surface area contributed by atoms with Crippen molar-refractivity contribution in [1.82, 2.24) is 9.97 Å². The molecule has 2 heterocycles. The number of hydrogen-bond acceptors (Lipinski definition) is 8. The number of anilines is 1. The quantitative estimate of drug-likeness (QED) is 0.0856. The molecule has 0 radical (unpaired) electrons. The predicted octanol–water partition coefficient (Wildman–Crippen LogP) is 5.23. The molecule has 1 aromatic carbocycles. The highest BCUT2D eigenvalue weighted by Crippen LogP contribution is 2.54. The number of carboxylic acids is 1. The van der Waals surface area contributed by atoms with Gasteiger partial charge >= 0.3 is 19.2 Å². The first-order chi connectivity index (χ1) is 21.3. The Kier molecular flexibility index (Phi) is 11.6. The zero-order chi connectivity index (χ0) is 32.6. The van der Waals surface area contributed by atoms with Gasteiger partial charge in [-0.1, -0.05) is 25.1 Å². The molecule has 1 aliphatic rings. The second-order valence-corrected chi connectivity index (χ2v) is 12.7. The van der Waals surface area contributed by atoms with Gasteiger partial charge < -0.3 is 34.8 Å². The molecule has 0 saturated heterocycles. The number of aromatic nitrogens is 2. The lowest BCUT2D eigenvalue weighted by Gasteiger charge is -2.23. The van der Waals surface area contributed by atoms with Crippen LogP contribution in [0.3, 0.4) is 0 Å². The van der Waals surface area contributed by atoms with E-state index >= 15 is 0 Å². The molecular weight excluding hydrogens is 611 g/mol. The highest BCUT2D eigenvalue weighted by atomic mass is 31.2. The van der Waals surface area contributed by atoms with Crippen molar-refractivity contribution in [3.8, 4) is 0 Å². The molecule has 1 aliphatic carbocycles. The molecule has 0 fully saturated rings. The number of pyridine rings is 2. The van der Waals surface area contributed by atoms with Crippen molar-refractivity contribution in [1.29, 1.82) is 0 Å². The fourth-order valence-corrected chi connectivity index (χ4v) is 5.43. The van der Waals surface area contributed by atoms with E-state index in [1.807, 2.05) is 30.5 Å². The molecule has 2 atom stereocenters. The molecule has 14 heteroatoms. The molecular formula is C31H38F2N3O8P. The summed E-state index contributed by atoms with van der Waals surface area (Å²) in [6, 6.07) is 7.86. The third kappa shape index (κ3) is 9.51. The first kappa shape index (κ1) is 34.4. The number of carbonyl (C=O) groups is 1. The highest BCUT2D eigenvalue weighted by Gasteiger charge is 2.48. The Morgan fingerprint density at radius 2 is 1.78 bits per heavy atom. The summed E-state index contributed by atoms with van der Waals surface area (Å²) in [5.74, 6) is 0.768. The fourth-order valence-electron chi connectivity index (χ4n) is 5.04. The largest absolute Gasteiger partial charge is 0.492 e. The van der Waals surface area contributed by atoms with Gasteiger partial charge in [0, 0.05) is 29.8 Å². The molecule has 3 aromatic rings. The van der Waals surface area contributed by atoms with E-state index in [1.165, 1.54) is 0 Å². The SMILES string of the molecule is CC1C=C(OCCOCCOCCC(F)(F)P(=O)(O)O)C=CC1CCc1cnc2c(N)nc3cc(CCC(=O)O)ccc3c2c1. The second-order valence-electron chi connectivity index (χ2n) is 11.0. The third-order valence-electron chi connectivity index (χ3n) is 7.63. The van der Waals surface area contributed by atoms with Crippen molar-refractivity contribution in [3.05, 3.63) is 65.6 Å². The molecule has 4 rings (SSSR count). The van der Waals surface area contributed by atoms with E-state index < -0.39 is 32.3 Å². The third-order valence-corrected chi connectivity index (χ3v) is 8.70. The van der Waals surface area contributed by atoms with Crippen molar-refractivity contribution in [2.24, 2.45) is 11.8 Å². The van der Waals surface area contributed by atoms with Crippen LogP contribution in [-0.2, 0) is 36.4 Å². The molecule has 0 amide bonds. The molecule has 0 bridgehead atoms. The first-order valence-electron chi connectivity index (χ1n) is 14.6. The van der Waals surface area contributed by atoms with Gasteiger partial charge in [-0.25, -0.2) is 4.98 Å². The van der Waals surface area contributed by atoms with Gasteiger partial charge in [-0.2, -0.15) is 8.78 Å². The number of carboxylic acid groups (broad SMARTS) is 1. The summed E-state index contributed by atoms with van der Waals surface area (Å²) in [7, 11) is -5.49. The number of ether oxygens (including phenoxy) is 3. The number of nitrogens with zero attached hydrogens (tertiary/aromatic N) is 2. The van der Waals surface area contributed by atoms with E-state index in [9.17, 15) is 18.1 Å². The van der Waals surface area contributed by atoms with E-state index in [1.54, 1.807) is 0 Å². The number of alkyl halides is 2. The standard InChI is InChI=1S/C31H38F2N3O8P/c1-20-16-24(44-15-14-43-13-12-42-11-10-31(32,33)45(39,40)41)7-6-23(20)5-2-22-17-26-25-8-3-21(4-9-28(37)38)18-27(25)36-30(34)29(26)35-19-22/h3,6-8,16-20,23H,2,4-5,9-15H2,1H3,(H2,34,36)(H,37,38)(H2,39,40,41). The summed E-state index contributed by atoms with van der Waals surface area (Å²) in [6.45, 7) is 2.34. The summed E-state index contributed by atoms with van der Waals surface area (Å²) < 4.78 is 53.2. The van der Waals surface area contributed by atoms with Gasteiger partial charge in [-0.15, -0.1) is 0 Å². The zero-order valence-corrected chi connectivity index (χ0v) is 25.8. The van der Waals surface area contributed by atoms with Crippen LogP contribution in [0.1, 0.15) is 37.3 Å². The van der Waals surface area contributed by atoms with Gasteiger partial charge in [0.15, 0.2) is 5.82 Å². The number of fused-ring (bicyclic) bond motifs is 3. The van der Waals surface area contributed by atoms with Crippen LogP contribution in [-0.4, -0.2) is 69.5 Å². The van der Waals surface area contributed by atoms with Gasteiger partial charge in [-0.3, -0.25) is 14.3 Å². The van der Waals surface area contributed by atoms with E-state index in [-0.39, 0.29) is 32.2 Å². The Hall–Kier alpha value is -3.48. The number of nitrogen functional groups attached to an aromatic ring is 1. The Labute approximate surface area is 259 Å². The Bertz CT molecular complexity index is 1610. The Balaban J connectivity index is 1.21. The maximum absolute atomic E-state index is 13.2. The molecule has 5 N–H and O–H groups in total. The normalized spacial score (nSPS) is 17.1. The highest BCUT2D eigenvalue weighted by molar-refractivity contribution is 7.53. The van der Waals surface area contributed by atoms with Crippen molar-refractivity contribution >= 4 is 41.2 Å². The van der Waals surface area contributed by atoms with E-state index in [0.29, 0.717) is 35.8 Å². The lowest BCUT2D eigenvalue weighted by Crippen LogP contribution is -2.20. The van der Waals surface area contributed by atoms with Crippen LogP contribution in [0, 0.1) is 11.8 Å². The average molecular weight is 650 g/mol. The maximum Gasteiger partial charge on any atom is 0.394 e. The number of allylic oxidation sites excluding steroid dienone is 3. The summed E-state index contributed by atoms with van der Waals surface area (Å²) in [5, 5.41) is 10.8. The van der Waals surface area contributed by atoms with Crippen LogP contribution < -0.4 is 5.73 Å². The lowest BCUT2D eigenvalue weighted by atomic mass is 9.85. The topological polar surface area (TPSA) is 174 Å². The van der Waals surface area contributed by atoms with Crippen LogP contribution in [0.25, 0.3) is 21.8 Å². The van der Waals surface area contributed by atoms with Crippen LogP contribution >= 0.6 is 7.60 Å². The van der Waals surface area contributed by atoms with Crippen LogP contribution in [0.15, 0.2) is 54.4 Å². The summed E-state index contributed by atoms with van der Waals surface area (Å²) in [5.41, 5.74) is 5.43. The number of aliphatic carboxylic acids is 1. The van der Waals surface area contributed by atoms with E-state index in [0.717, 1.165) is 40.5 Å². The van der Waals surface area contributed by atoms with Gasteiger partial charge in [0.05, 0.1) is 31.9 Å². The summed E-state index contributed by atoms with van der Waals surface area (Å²) in [4.78, 5) is 37.2. The summed E-state index contributed by atoms with van der Waals surface area (Å²) >= 11 is 0. The van der Waals surface area contributed by atoms with E-state index in [4.69, 9.17) is 34.8 Å². The van der Waals surface area contributed by atoms with Crippen molar-refractivity contribution in [3.63, 3.8) is 0 Å². The molecule has 0 spiro atoms. The minimum absolute atomic E-state index is 0.0152. The number of benzene rings is 1. The molecule has 45 heavy (non-hydrogen) atoms.